The van der Waals surface area contributed by atoms with Crippen LogP contribution in [0.3, 0.4) is 0 Å². The Hall–Kier alpha value is -0.120. The van der Waals surface area contributed by atoms with Gasteiger partial charge >= 0.3 is 0 Å². The Morgan fingerprint density at radius 2 is 1.95 bits per heavy atom. The minimum absolute atomic E-state index is 0.294. The van der Waals surface area contributed by atoms with Crippen molar-refractivity contribution in [2.75, 3.05) is 20.1 Å². The predicted molar refractivity (Wildman–Crippen MR) is 78.4 cm³/mol. The normalized spacial score (nSPS) is 31.4. The van der Waals surface area contributed by atoms with Crippen molar-refractivity contribution in [1.82, 2.24) is 10.2 Å². The highest BCUT2D eigenvalue weighted by atomic mass is 16.5. The van der Waals surface area contributed by atoms with Crippen LogP contribution in [-0.2, 0) is 4.74 Å². The SMILES string of the molecule is CC(CNCC1CCC2(CCCC2)O1)N(C)C1CC1. The van der Waals surface area contributed by atoms with Crippen LogP contribution in [0.5, 0.6) is 0 Å². The third-order valence-electron chi connectivity index (χ3n) is 5.48. The first-order valence-corrected chi connectivity index (χ1v) is 8.29. The van der Waals surface area contributed by atoms with Gasteiger partial charge in [0.15, 0.2) is 0 Å². The van der Waals surface area contributed by atoms with Crippen molar-refractivity contribution in [3.63, 3.8) is 0 Å². The fourth-order valence-electron chi connectivity index (χ4n) is 3.87. The topological polar surface area (TPSA) is 24.5 Å². The molecule has 0 aromatic rings. The monoisotopic (exact) mass is 266 g/mol. The smallest absolute Gasteiger partial charge is 0.0708 e. The Labute approximate surface area is 118 Å². The molecule has 0 bridgehead atoms. The first-order valence-electron chi connectivity index (χ1n) is 8.29. The zero-order valence-electron chi connectivity index (χ0n) is 12.7. The van der Waals surface area contributed by atoms with E-state index in [0.717, 1.165) is 19.1 Å². The summed E-state index contributed by atoms with van der Waals surface area (Å²) in [7, 11) is 2.27. The van der Waals surface area contributed by atoms with Crippen molar-refractivity contribution in [3.8, 4) is 0 Å². The third kappa shape index (κ3) is 3.32. The molecule has 0 aromatic heterocycles. The van der Waals surface area contributed by atoms with Gasteiger partial charge in [0.1, 0.15) is 0 Å². The Kier molecular flexibility index (Phi) is 4.16. The highest BCUT2D eigenvalue weighted by molar-refractivity contribution is 4.93. The van der Waals surface area contributed by atoms with Gasteiger partial charge < -0.3 is 10.1 Å². The number of nitrogens with zero attached hydrogens (tertiary/aromatic N) is 1. The van der Waals surface area contributed by atoms with Gasteiger partial charge in [0.2, 0.25) is 0 Å². The zero-order valence-corrected chi connectivity index (χ0v) is 12.7. The summed E-state index contributed by atoms with van der Waals surface area (Å²) in [6.45, 7) is 4.48. The summed E-state index contributed by atoms with van der Waals surface area (Å²) in [5, 5.41) is 3.63. The molecule has 0 radical (unpaired) electrons. The van der Waals surface area contributed by atoms with E-state index < -0.39 is 0 Å². The molecule has 2 atom stereocenters. The maximum absolute atomic E-state index is 6.34. The molecule has 2 saturated carbocycles. The maximum atomic E-state index is 6.34. The number of hydrogen-bond acceptors (Lipinski definition) is 3. The molecular weight excluding hydrogens is 236 g/mol. The Morgan fingerprint density at radius 1 is 1.21 bits per heavy atom. The molecule has 3 heteroatoms. The average Bonchev–Trinajstić information content (AvgIpc) is 3.05. The number of rotatable bonds is 6. The molecule has 1 spiro atoms. The molecule has 1 aliphatic heterocycles. The first kappa shape index (κ1) is 13.8. The van der Waals surface area contributed by atoms with Gasteiger partial charge in [-0.05, 0) is 52.5 Å². The second-order valence-corrected chi connectivity index (χ2v) is 7.07. The highest BCUT2D eigenvalue weighted by Gasteiger charge is 2.41. The van der Waals surface area contributed by atoms with Crippen molar-refractivity contribution in [3.05, 3.63) is 0 Å². The van der Waals surface area contributed by atoms with E-state index in [-0.39, 0.29) is 0 Å². The number of ether oxygens (including phenoxy) is 1. The van der Waals surface area contributed by atoms with Gasteiger partial charge in [-0.2, -0.15) is 0 Å². The molecule has 19 heavy (non-hydrogen) atoms. The summed E-state index contributed by atoms with van der Waals surface area (Å²) in [5.74, 6) is 0. The standard InChI is InChI=1S/C16H30N2O/c1-13(18(2)14-5-6-14)11-17-12-15-7-10-16(19-15)8-3-4-9-16/h13-15,17H,3-12H2,1-2H3. The van der Waals surface area contributed by atoms with E-state index in [4.69, 9.17) is 4.74 Å². The molecule has 3 rings (SSSR count). The Balaban J connectivity index is 1.34. The van der Waals surface area contributed by atoms with Crippen molar-refractivity contribution in [2.24, 2.45) is 0 Å². The van der Waals surface area contributed by atoms with Gasteiger partial charge in [0.05, 0.1) is 11.7 Å². The second-order valence-electron chi connectivity index (χ2n) is 7.07. The van der Waals surface area contributed by atoms with Crippen LogP contribution in [0.25, 0.3) is 0 Å². The molecule has 3 aliphatic rings. The maximum Gasteiger partial charge on any atom is 0.0708 e. The quantitative estimate of drug-likeness (QED) is 0.799. The van der Waals surface area contributed by atoms with Gasteiger partial charge in [0, 0.05) is 25.2 Å². The molecule has 2 unspecified atom stereocenters. The van der Waals surface area contributed by atoms with Gasteiger partial charge in [-0.3, -0.25) is 4.90 Å². The minimum Gasteiger partial charge on any atom is -0.370 e. The number of likely N-dealkylation sites (N-methyl/N-ethyl adjacent to an activating group) is 1. The third-order valence-corrected chi connectivity index (χ3v) is 5.48. The molecule has 1 saturated heterocycles. The van der Waals surface area contributed by atoms with E-state index in [2.05, 4.69) is 24.2 Å². The molecule has 0 aromatic carbocycles. The molecule has 110 valence electrons. The molecule has 0 amide bonds. The van der Waals surface area contributed by atoms with Gasteiger partial charge in [-0.25, -0.2) is 0 Å². The van der Waals surface area contributed by atoms with Crippen LogP contribution in [0.15, 0.2) is 0 Å². The fourth-order valence-corrected chi connectivity index (χ4v) is 3.87. The summed E-state index contributed by atoms with van der Waals surface area (Å²) in [6, 6.07) is 1.51. The molecular formula is C16H30N2O. The summed E-state index contributed by atoms with van der Waals surface area (Å²) >= 11 is 0. The molecule has 1 heterocycles. The predicted octanol–water partition coefficient (Wildman–Crippen LogP) is 2.55. The lowest BCUT2D eigenvalue weighted by atomic mass is 9.98. The van der Waals surface area contributed by atoms with Crippen LogP contribution >= 0.6 is 0 Å². The second kappa shape index (κ2) is 5.71. The number of hydrogen-bond donors (Lipinski definition) is 1. The van der Waals surface area contributed by atoms with E-state index in [1.54, 1.807) is 0 Å². The summed E-state index contributed by atoms with van der Waals surface area (Å²) in [4.78, 5) is 2.53. The van der Waals surface area contributed by atoms with E-state index in [0.29, 0.717) is 17.7 Å². The van der Waals surface area contributed by atoms with Crippen LogP contribution in [0.1, 0.15) is 58.3 Å². The minimum atomic E-state index is 0.294. The van der Waals surface area contributed by atoms with Gasteiger partial charge in [-0.1, -0.05) is 12.8 Å². The van der Waals surface area contributed by atoms with Crippen LogP contribution < -0.4 is 5.32 Å². The fraction of sp³-hybridized carbons (Fsp3) is 1.00. The van der Waals surface area contributed by atoms with Crippen molar-refractivity contribution < 1.29 is 4.74 Å². The van der Waals surface area contributed by atoms with E-state index >= 15 is 0 Å². The van der Waals surface area contributed by atoms with Crippen LogP contribution in [0.2, 0.25) is 0 Å². The van der Waals surface area contributed by atoms with Crippen LogP contribution in [-0.4, -0.2) is 48.8 Å². The Morgan fingerprint density at radius 3 is 2.63 bits per heavy atom. The van der Waals surface area contributed by atoms with Crippen molar-refractivity contribution in [1.29, 1.82) is 0 Å². The summed E-state index contributed by atoms with van der Waals surface area (Å²) in [6.07, 6.45) is 11.2. The largest absolute Gasteiger partial charge is 0.370 e. The molecule has 3 nitrogen and oxygen atoms in total. The van der Waals surface area contributed by atoms with Crippen LogP contribution in [0, 0.1) is 0 Å². The van der Waals surface area contributed by atoms with Crippen molar-refractivity contribution in [2.45, 2.75) is 82.1 Å². The lowest BCUT2D eigenvalue weighted by molar-refractivity contribution is -0.0353. The average molecular weight is 266 g/mol. The summed E-state index contributed by atoms with van der Waals surface area (Å²) in [5.41, 5.74) is 0.294. The zero-order chi connectivity index (χ0) is 13.3. The van der Waals surface area contributed by atoms with Gasteiger partial charge in [-0.15, -0.1) is 0 Å². The lowest BCUT2D eigenvalue weighted by Gasteiger charge is -2.26. The van der Waals surface area contributed by atoms with Crippen molar-refractivity contribution >= 4 is 0 Å². The van der Waals surface area contributed by atoms with Crippen LogP contribution in [0.4, 0.5) is 0 Å². The molecule has 3 fully saturated rings. The van der Waals surface area contributed by atoms with Gasteiger partial charge in [0.25, 0.3) is 0 Å². The molecule has 2 aliphatic carbocycles. The van der Waals surface area contributed by atoms with E-state index in [9.17, 15) is 0 Å². The molecule has 1 N–H and O–H groups in total. The van der Waals surface area contributed by atoms with E-state index in [1.807, 2.05) is 0 Å². The summed E-state index contributed by atoms with van der Waals surface area (Å²) < 4.78 is 6.34. The van der Waals surface area contributed by atoms with E-state index in [1.165, 1.54) is 51.4 Å². The lowest BCUT2D eigenvalue weighted by Crippen LogP contribution is -2.41. The highest BCUT2D eigenvalue weighted by Crippen LogP contribution is 2.43. The first-order chi connectivity index (χ1) is 9.19. The number of nitrogens with one attached hydrogen (secondary N) is 1. The Bertz CT molecular complexity index is 297.